The summed E-state index contributed by atoms with van der Waals surface area (Å²) in [4.78, 5) is 22.8. The van der Waals surface area contributed by atoms with E-state index in [0.717, 1.165) is 5.56 Å². The largest absolute Gasteiger partial charge is 0.350 e. The maximum absolute atomic E-state index is 11.9. The van der Waals surface area contributed by atoms with Crippen LogP contribution in [0.2, 0.25) is 0 Å². The summed E-state index contributed by atoms with van der Waals surface area (Å²) in [7, 11) is 0. The fourth-order valence-electron chi connectivity index (χ4n) is 1.43. The highest BCUT2D eigenvalue weighted by Gasteiger charge is 2.22. The number of hydrogen-bond donors (Lipinski definition) is 3. The molecule has 1 aromatic rings. The molecule has 0 saturated carbocycles. The van der Waals surface area contributed by atoms with Crippen LogP contribution in [0.4, 0.5) is 0 Å². The molecule has 0 aromatic carbocycles. The molecule has 0 aliphatic rings. The van der Waals surface area contributed by atoms with Crippen molar-refractivity contribution in [2.45, 2.75) is 33.4 Å². The lowest BCUT2D eigenvalue weighted by atomic mass is 10.0. The Morgan fingerprint density at radius 1 is 1.47 bits per heavy atom. The first kappa shape index (κ1) is 13.2. The minimum absolute atomic E-state index is 0.0447. The standard InChI is InChI=1S/C11H18N4O2/c1-7(2)10(15-8(3)16)11(17)12-4-9-5-13-14-6-9/h5-7,10H,4H2,1-3H3,(H,12,17)(H,13,14)(H,15,16). The van der Waals surface area contributed by atoms with Gasteiger partial charge in [-0.15, -0.1) is 0 Å². The molecule has 1 aromatic heterocycles. The van der Waals surface area contributed by atoms with Crippen LogP contribution in [0.15, 0.2) is 12.4 Å². The molecule has 0 spiro atoms. The number of rotatable bonds is 5. The van der Waals surface area contributed by atoms with Crippen molar-refractivity contribution in [3.8, 4) is 0 Å². The molecule has 0 aliphatic heterocycles. The van der Waals surface area contributed by atoms with E-state index in [1.54, 1.807) is 12.4 Å². The van der Waals surface area contributed by atoms with E-state index in [2.05, 4.69) is 20.8 Å². The highest BCUT2D eigenvalue weighted by atomic mass is 16.2. The van der Waals surface area contributed by atoms with Gasteiger partial charge in [-0.3, -0.25) is 14.7 Å². The number of aromatic amines is 1. The number of nitrogens with zero attached hydrogens (tertiary/aromatic N) is 1. The van der Waals surface area contributed by atoms with Crippen LogP contribution in [-0.4, -0.2) is 28.1 Å². The summed E-state index contributed by atoms with van der Waals surface area (Å²) >= 11 is 0. The van der Waals surface area contributed by atoms with Gasteiger partial charge in [0.2, 0.25) is 11.8 Å². The lowest BCUT2D eigenvalue weighted by Gasteiger charge is -2.20. The van der Waals surface area contributed by atoms with Crippen molar-refractivity contribution in [2.24, 2.45) is 5.92 Å². The van der Waals surface area contributed by atoms with Gasteiger partial charge in [-0.05, 0) is 5.92 Å². The maximum Gasteiger partial charge on any atom is 0.243 e. The number of carbonyl (C=O) groups is 2. The summed E-state index contributed by atoms with van der Waals surface area (Å²) in [6.45, 7) is 5.58. The fourth-order valence-corrected chi connectivity index (χ4v) is 1.43. The molecule has 3 N–H and O–H groups in total. The zero-order valence-corrected chi connectivity index (χ0v) is 10.3. The van der Waals surface area contributed by atoms with E-state index in [4.69, 9.17) is 0 Å². The second-order valence-corrected chi connectivity index (χ2v) is 4.25. The summed E-state index contributed by atoms with van der Waals surface area (Å²) in [6, 6.07) is -0.501. The van der Waals surface area contributed by atoms with Gasteiger partial charge < -0.3 is 10.6 Å². The molecule has 1 unspecified atom stereocenters. The summed E-state index contributed by atoms with van der Waals surface area (Å²) < 4.78 is 0. The van der Waals surface area contributed by atoms with Crippen LogP contribution < -0.4 is 10.6 Å². The third-order valence-corrected chi connectivity index (χ3v) is 2.33. The molecule has 1 rings (SSSR count). The Morgan fingerprint density at radius 2 is 2.18 bits per heavy atom. The second-order valence-electron chi connectivity index (χ2n) is 4.25. The van der Waals surface area contributed by atoms with Crippen molar-refractivity contribution in [3.63, 3.8) is 0 Å². The van der Waals surface area contributed by atoms with Crippen LogP contribution in [0.5, 0.6) is 0 Å². The zero-order chi connectivity index (χ0) is 12.8. The molecule has 0 aliphatic carbocycles. The molecule has 0 fully saturated rings. The molecule has 94 valence electrons. The van der Waals surface area contributed by atoms with Crippen molar-refractivity contribution in [2.75, 3.05) is 0 Å². The molecule has 0 radical (unpaired) electrons. The Hall–Kier alpha value is -1.85. The van der Waals surface area contributed by atoms with E-state index in [0.29, 0.717) is 6.54 Å². The van der Waals surface area contributed by atoms with E-state index in [9.17, 15) is 9.59 Å². The van der Waals surface area contributed by atoms with Crippen LogP contribution >= 0.6 is 0 Å². The predicted molar refractivity (Wildman–Crippen MR) is 62.9 cm³/mol. The minimum Gasteiger partial charge on any atom is -0.350 e. The number of hydrogen-bond acceptors (Lipinski definition) is 3. The predicted octanol–water partition coefficient (Wildman–Crippen LogP) is 0.187. The van der Waals surface area contributed by atoms with Crippen molar-refractivity contribution in [3.05, 3.63) is 18.0 Å². The number of amides is 2. The highest BCUT2D eigenvalue weighted by molar-refractivity contribution is 5.86. The van der Waals surface area contributed by atoms with Crippen molar-refractivity contribution in [1.82, 2.24) is 20.8 Å². The molecule has 2 amide bonds. The van der Waals surface area contributed by atoms with E-state index < -0.39 is 6.04 Å². The first-order valence-corrected chi connectivity index (χ1v) is 5.53. The molecule has 1 heterocycles. The van der Waals surface area contributed by atoms with E-state index >= 15 is 0 Å². The van der Waals surface area contributed by atoms with Crippen LogP contribution in [0.3, 0.4) is 0 Å². The van der Waals surface area contributed by atoms with Crippen LogP contribution in [0, 0.1) is 5.92 Å². The van der Waals surface area contributed by atoms with Gasteiger partial charge in [0.15, 0.2) is 0 Å². The Morgan fingerprint density at radius 3 is 2.65 bits per heavy atom. The molecular weight excluding hydrogens is 220 g/mol. The molecular formula is C11H18N4O2. The van der Waals surface area contributed by atoms with Crippen LogP contribution in [-0.2, 0) is 16.1 Å². The van der Waals surface area contributed by atoms with E-state index in [-0.39, 0.29) is 17.7 Å². The normalized spacial score (nSPS) is 12.2. The van der Waals surface area contributed by atoms with Crippen LogP contribution in [0.25, 0.3) is 0 Å². The second kappa shape index (κ2) is 6.03. The van der Waals surface area contributed by atoms with Gasteiger partial charge in [0, 0.05) is 25.2 Å². The average Bonchev–Trinajstić information content (AvgIpc) is 2.74. The molecule has 1 atom stereocenters. The van der Waals surface area contributed by atoms with Crippen molar-refractivity contribution in [1.29, 1.82) is 0 Å². The third kappa shape index (κ3) is 4.26. The minimum atomic E-state index is -0.501. The van der Waals surface area contributed by atoms with Gasteiger partial charge in [0.05, 0.1) is 6.20 Å². The SMILES string of the molecule is CC(=O)NC(C(=O)NCc1cn[nH]c1)C(C)C. The van der Waals surface area contributed by atoms with Gasteiger partial charge in [0.1, 0.15) is 6.04 Å². The lowest BCUT2D eigenvalue weighted by Crippen LogP contribution is -2.48. The lowest BCUT2D eigenvalue weighted by molar-refractivity contribution is -0.129. The van der Waals surface area contributed by atoms with Gasteiger partial charge in [0.25, 0.3) is 0 Å². The van der Waals surface area contributed by atoms with Crippen molar-refractivity contribution >= 4 is 11.8 Å². The molecule has 17 heavy (non-hydrogen) atoms. The maximum atomic E-state index is 11.9. The Labute approximate surface area is 100 Å². The third-order valence-electron chi connectivity index (χ3n) is 2.33. The number of carbonyl (C=O) groups excluding carboxylic acids is 2. The van der Waals surface area contributed by atoms with E-state index in [1.165, 1.54) is 6.92 Å². The van der Waals surface area contributed by atoms with Gasteiger partial charge in [-0.2, -0.15) is 5.10 Å². The molecule has 6 heteroatoms. The summed E-state index contributed by atoms with van der Waals surface area (Å²) in [5.74, 6) is -0.346. The quantitative estimate of drug-likeness (QED) is 0.684. The summed E-state index contributed by atoms with van der Waals surface area (Å²) in [6.07, 6.45) is 3.35. The van der Waals surface area contributed by atoms with Crippen molar-refractivity contribution < 1.29 is 9.59 Å². The van der Waals surface area contributed by atoms with Gasteiger partial charge in [-0.1, -0.05) is 13.8 Å². The Bertz CT molecular complexity index is 373. The number of aromatic nitrogens is 2. The molecule has 0 bridgehead atoms. The van der Waals surface area contributed by atoms with Gasteiger partial charge >= 0.3 is 0 Å². The molecule has 6 nitrogen and oxygen atoms in total. The monoisotopic (exact) mass is 238 g/mol. The zero-order valence-electron chi connectivity index (χ0n) is 10.3. The topological polar surface area (TPSA) is 86.9 Å². The Balaban J connectivity index is 2.50. The fraction of sp³-hybridized carbons (Fsp3) is 0.545. The van der Waals surface area contributed by atoms with E-state index in [1.807, 2.05) is 13.8 Å². The molecule has 0 saturated heterocycles. The Kier molecular flexibility index (Phi) is 4.68. The smallest absolute Gasteiger partial charge is 0.243 e. The number of H-pyrrole nitrogens is 1. The first-order chi connectivity index (χ1) is 8.00. The summed E-state index contributed by atoms with van der Waals surface area (Å²) in [5.41, 5.74) is 0.892. The number of nitrogens with one attached hydrogen (secondary N) is 3. The van der Waals surface area contributed by atoms with Crippen LogP contribution in [0.1, 0.15) is 26.3 Å². The highest BCUT2D eigenvalue weighted by Crippen LogP contribution is 2.02. The summed E-state index contributed by atoms with van der Waals surface area (Å²) in [5, 5.41) is 11.8. The first-order valence-electron chi connectivity index (χ1n) is 5.53. The average molecular weight is 238 g/mol. The van der Waals surface area contributed by atoms with Gasteiger partial charge in [-0.25, -0.2) is 0 Å².